The van der Waals surface area contributed by atoms with Crippen molar-refractivity contribution in [1.29, 1.82) is 0 Å². The lowest BCUT2D eigenvalue weighted by molar-refractivity contribution is -0.106. The average molecular weight is 128 g/mol. The summed E-state index contributed by atoms with van der Waals surface area (Å²) in [6.45, 7) is 0. The molecule has 0 saturated heterocycles. The zero-order valence-electron chi connectivity index (χ0n) is 5.19. The molecule has 0 bridgehead atoms. The fraction of sp³-hybridized carbons (Fsp3) is 0.571. The number of halogens is 1. The molecular weight excluding hydrogens is 119 g/mol. The molecule has 0 radical (unpaired) electrons. The first-order valence-electron chi connectivity index (χ1n) is 3.17. The van der Waals surface area contributed by atoms with E-state index in [1.54, 1.807) is 0 Å². The molecule has 0 aromatic rings. The van der Waals surface area contributed by atoms with E-state index in [-0.39, 0.29) is 0 Å². The highest BCUT2D eigenvalue weighted by atomic mass is 19.1. The maximum absolute atomic E-state index is 12.3. The van der Waals surface area contributed by atoms with Gasteiger partial charge in [0.2, 0.25) is 0 Å². The second-order valence-electron chi connectivity index (χ2n) is 2.28. The minimum absolute atomic E-state index is 0.306. The summed E-state index contributed by atoms with van der Waals surface area (Å²) in [5.74, 6) is -0.535. The fourth-order valence-corrected chi connectivity index (χ4v) is 1.12. The van der Waals surface area contributed by atoms with Crippen molar-refractivity contribution in [3.05, 3.63) is 11.4 Å². The summed E-state index contributed by atoms with van der Waals surface area (Å²) in [5, 5.41) is 0. The van der Waals surface area contributed by atoms with Crippen LogP contribution in [0.25, 0.3) is 0 Å². The van der Waals surface area contributed by atoms with Crippen molar-refractivity contribution in [2.45, 2.75) is 25.7 Å². The Labute approximate surface area is 53.6 Å². The molecule has 1 fully saturated rings. The van der Waals surface area contributed by atoms with E-state index < -0.39 is 5.83 Å². The van der Waals surface area contributed by atoms with Gasteiger partial charge < -0.3 is 0 Å². The van der Waals surface area contributed by atoms with Gasteiger partial charge in [0.05, 0.1) is 0 Å². The molecule has 0 heterocycles. The van der Waals surface area contributed by atoms with Crippen LogP contribution in [0.4, 0.5) is 4.39 Å². The van der Waals surface area contributed by atoms with Gasteiger partial charge in [-0.1, -0.05) is 0 Å². The SMILES string of the molecule is O=CC(F)=C1CCCC1. The van der Waals surface area contributed by atoms with E-state index in [1.807, 2.05) is 0 Å². The smallest absolute Gasteiger partial charge is 0.178 e. The van der Waals surface area contributed by atoms with Crippen LogP contribution in [0.15, 0.2) is 11.4 Å². The first-order chi connectivity index (χ1) is 4.34. The summed E-state index contributed by atoms with van der Waals surface area (Å²) in [7, 11) is 0. The van der Waals surface area contributed by atoms with E-state index in [9.17, 15) is 9.18 Å². The third-order valence-electron chi connectivity index (χ3n) is 1.65. The second kappa shape index (κ2) is 2.76. The number of carbonyl (C=O) groups excluding carboxylic acids is 1. The van der Waals surface area contributed by atoms with Crippen LogP contribution in [0, 0.1) is 0 Å². The van der Waals surface area contributed by atoms with E-state index in [4.69, 9.17) is 0 Å². The van der Waals surface area contributed by atoms with Gasteiger partial charge in [0, 0.05) is 0 Å². The summed E-state index contributed by atoms with van der Waals surface area (Å²) < 4.78 is 12.3. The Bertz CT molecular complexity index is 141. The molecular formula is C7H9FO. The van der Waals surface area contributed by atoms with E-state index >= 15 is 0 Å². The monoisotopic (exact) mass is 128 g/mol. The quantitative estimate of drug-likeness (QED) is 0.390. The summed E-state index contributed by atoms with van der Waals surface area (Å²) in [5.41, 5.74) is 0.713. The maximum Gasteiger partial charge on any atom is 0.178 e. The van der Waals surface area contributed by atoms with Crippen LogP contribution < -0.4 is 0 Å². The van der Waals surface area contributed by atoms with Gasteiger partial charge in [-0.2, -0.15) is 0 Å². The van der Waals surface area contributed by atoms with Crippen molar-refractivity contribution >= 4 is 6.29 Å². The van der Waals surface area contributed by atoms with Gasteiger partial charge in [-0.05, 0) is 31.3 Å². The van der Waals surface area contributed by atoms with Crippen LogP contribution >= 0.6 is 0 Å². The van der Waals surface area contributed by atoms with Gasteiger partial charge in [-0.25, -0.2) is 4.39 Å². The molecule has 0 N–H and O–H groups in total. The first kappa shape index (κ1) is 6.46. The number of aldehydes is 1. The molecule has 1 rings (SSSR count). The van der Waals surface area contributed by atoms with Crippen LogP contribution in [0.5, 0.6) is 0 Å². The molecule has 50 valence electrons. The van der Waals surface area contributed by atoms with Crippen molar-refractivity contribution in [2.24, 2.45) is 0 Å². The van der Waals surface area contributed by atoms with Crippen LogP contribution in [-0.2, 0) is 4.79 Å². The Hall–Kier alpha value is -0.660. The van der Waals surface area contributed by atoms with E-state index in [0.717, 1.165) is 25.7 Å². The van der Waals surface area contributed by atoms with E-state index in [0.29, 0.717) is 11.9 Å². The Morgan fingerprint density at radius 1 is 1.44 bits per heavy atom. The van der Waals surface area contributed by atoms with E-state index in [2.05, 4.69) is 0 Å². The lowest BCUT2D eigenvalue weighted by Crippen LogP contribution is -1.80. The van der Waals surface area contributed by atoms with Crippen LogP contribution in [0.2, 0.25) is 0 Å². The summed E-state index contributed by atoms with van der Waals surface area (Å²) in [4.78, 5) is 9.86. The minimum Gasteiger partial charge on any atom is -0.295 e. The summed E-state index contributed by atoms with van der Waals surface area (Å²) in [6.07, 6.45) is 3.95. The lowest BCUT2D eigenvalue weighted by Gasteiger charge is -1.90. The van der Waals surface area contributed by atoms with Crippen molar-refractivity contribution in [3.8, 4) is 0 Å². The largest absolute Gasteiger partial charge is 0.295 e. The maximum atomic E-state index is 12.3. The summed E-state index contributed by atoms with van der Waals surface area (Å²) in [6, 6.07) is 0. The molecule has 1 aliphatic rings. The normalized spacial score (nSPS) is 18.1. The van der Waals surface area contributed by atoms with Gasteiger partial charge in [-0.15, -0.1) is 0 Å². The molecule has 1 saturated carbocycles. The van der Waals surface area contributed by atoms with Gasteiger partial charge in [0.15, 0.2) is 12.1 Å². The molecule has 0 atom stereocenters. The first-order valence-corrected chi connectivity index (χ1v) is 3.17. The highest BCUT2D eigenvalue weighted by Crippen LogP contribution is 2.26. The number of carbonyl (C=O) groups is 1. The molecule has 0 unspecified atom stereocenters. The second-order valence-corrected chi connectivity index (χ2v) is 2.28. The van der Waals surface area contributed by atoms with Crippen molar-refractivity contribution in [1.82, 2.24) is 0 Å². The van der Waals surface area contributed by atoms with Crippen LogP contribution in [0.1, 0.15) is 25.7 Å². The van der Waals surface area contributed by atoms with Crippen molar-refractivity contribution in [2.75, 3.05) is 0 Å². The molecule has 2 heteroatoms. The van der Waals surface area contributed by atoms with Gasteiger partial charge >= 0.3 is 0 Å². The number of rotatable bonds is 1. The van der Waals surface area contributed by atoms with Gasteiger partial charge in [0.25, 0.3) is 0 Å². The molecule has 1 nitrogen and oxygen atoms in total. The average Bonchev–Trinajstić information content (AvgIpc) is 2.37. The van der Waals surface area contributed by atoms with Gasteiger partial charge in [0.1, 0.15) is 0 Å². The molecule has 0 aliphatic heterocycles. The van der Waals surface area contributed by atoms with Crippen LogP contribution in [0.3, 0.4) is 0 Å². The Morgan fingerprint density at radius 2 is 2.00 bits per heavy atom. The standard InChI is InChI=1S/C7H9FO/c8-7(5-9)6-3-1-2-4-6/h5H,1-4H2. The van der Waals surface area contributed by atoms with Crippen LogP contribution in [-0.4, -0.2) is 6.29 Å². The Kier molecular flexibility index (Phi) is 1.98. The Morgan fingerprint density at radius 3 is 2.44 bits per heavy atom. The zero-order chi connectivity index (χ0) is 6.69. The molecule has 0 amide bonds. The molecule has 0 aromatic heterocycles. The highest BCUT2D eigenvalue weighted by Gasteiger charge is 2.10. The third kappa shape index (κ3) is 1.37. The molecule has 0 aromatic carbocycles. The predicted octanol–water partition coefficient (Wildman–Crippen LogP) is 1.98. The highest BCUT2D eigenvalue weighted by molar-refractivity contribution is 5.71. The topological polar surface area (TPSA) is 17.1 Å². The Balaban J connectivity index is 2.66. The molecule has 9 heavy (non-hydrogen) atoms. The molecule has 1 aliphatic carbocycles. The summed E-state index contributed by atoms with van der Waals surface area (Å²) >= 11 is 0. The van der Waals surface area contributed by atoms with E-state index in [1.165, 1.54) is 0 Å². The predicted molar refractivity (Wildman–Crippen MR) is 32.7 cm³/mol. The number of allylic oxidation sites excluding steroid dienone is 2. The lowest BCUT2D eigenvalue weighted by atomic mass is 10.2. The van der Waals surface area contributed by atoms with Crippen molar-refractivity contribution in [3.63, 3.8) is 0 Å². The number of hydrogen-bond donors (Lipinski definition) is 0. The fourth-order valence-electron chi connectivity index (χ4n) is 1.12. The number of hydrogen-bond acceptors (Lipinski definition) is 1. The minimum atomic E-state index is -0.535. The van der Waals surface area contributed by atoms with Gasteiger partial charge in [-0.3, -0.25) is 4.79 Å². The third-order valence-corrected chi connectivity index (χ3v) is 1.65. The van der Waals surface area contributed by atoms with Crippen molar-refractivity contribution < 1.29 is 9.18 Å². The zero-order valence-corrected chi connectivity index (χ0v) is 5.19. The molecule has 0 spiro atoms.